The molecule has 0 saturated carbocycles. The van der Waals surface area contributed by atoms with Crippen LogP contribution in [0.15, 0.2) is 63.8 Å². The third-order valence-electron chi connectivity index (χ3n) is 4.24. The second-order valence-electron chi connectivity index (χ2n) is 6.21. The van der Waals surface area contributed by atoms with E-state index in [1.165, 1.54) is 17.7 Å². The molecule has 0 radical (unpaired) electrons. The first-order valence-electron chi connectivity index (χ1n) is 8.79. The van der Waals surface area contributed by atoms with Gasteiger partial charge in [-0.1, -0.05) is 5.16 Å². The Bertz CT molecular complexity index is 997. The number of nitrogens with zero attached hydrogens (tertiary/aromatic N) is 1. The molecule has 0 spiro atoms. The molecule has 27 heavy (non-hydrogen) atoms. The summed E-state index contributed by atoms with van der Waals surface area (Å²) in [6.45, 7) is 2.46. The van der Waals surface area contributed by atoms with Crippen molar-refractivity contribution in [1.29, 1.82) is 0 Å². The Morgan fingerprint density at radius 1 is 1.11 bits per heavy atom. The molecule has 1 N–H and O–H groups in total. The lowest BCUT2D eigenvalue weighted by molar-refractivity contribution is 0.308. The van der Waals surface area contributed by atoms with Crippen LogP contribution in [0.5, 0.6) is 5.75 Å². The number of hydrogen-bond donors (Lipinski definition) is 1. The van der Waals surface area contributed by atoms with Crippen molar-refractivity contribution in [2.24, 2.45) is 0 Å². The predicted octanol–water partition coefficient (Wildman–Crippen LogP) is 5.25. The molecule has 0 saturated heterocycles. The van der Waals surface area contributed by atoms with Gasteiger partial charge in [-0.3, -0.25) is 0 Å². The fourth-order valence-corrected chi connectivity index (χ4v) is 3.51. The molecule has 2 heterocycles. The first kappa shape index (κ1) is 17.7. The second kappa shape index (κ2) is 8.33. The zero-order chi connectivity index (χ0) is 18.5. The second-order valence-corrected chi connectivity index (χ2v) is 6.99. The van der Waals surface area contributed by atoms with Crippen molar-refractivity contribution < 1.29 is 13.7 Å². The largest absolute Gasteiger partial charge is 0.494 e. The number of ether oxygens (including phenoxy) is 1. The van der Waals surface area contributed by atoms with Gasteiger partial charge in [-0.25, -0.2) is 4.39 Å². The number of fused-ring (bicyclic) bond motifs is 1. The molecule has 4 nitrogen and oxygen atoms in total. The van der Waals surface area contributed by atoms with E-state index in [9.17, 15) is 4.39 Å². The molecular formula is C21H19FN2O2S. The summed E-state index contributed by atoms with van der Waals surface area (Å²) < 4.78 is 24.3. The zero-order valence-corrected chi connectivity index (χ0v) is 15.5. The monoisotopic (exact) mass is 382 g/mol. The number of aromatic nitrogens is 1. The van der Waals surface area contributed by atoms with E-state index in [1.807, 2.05) is 24.3 Å². The standard InChI is InChI=1S/C21H19FN2O2S/c22-17-4-7-19-20(12-17)26-24-21(19)16-2-5-18(6-3-16)25-10-1-9-23-13-15-8-11-27-14-15/h2-8,11-12,14,23H,1,9-10,13H2. The Labute approximate surface area is 160 Å². The minimum absolute atomic E-state index is 0.334. The average Bonchev–Trinajstić information content (AvgIpc) is 3.34. The Balaban J connectivity index is 1.28. The molecule has 4 aromatic rings. The first-order valence-corrected chi connectivity index (χ1v) is 9.74. The molecule has 0 aliphatic heterocycles. The van der Waals surface area contributed by atoms with Gasteiger partial charge in [0.1, 0.15) is 17.3 Å². The lowest BCUT2D eigenvalue weighted by Crippen LogP contribution is -2.16. The van der Waals surface area contributed by atoms with Gasteiger partial charge in [0.15, 0.2) is 5.58 Å². The fourth-order valence-electron chi connectivity index (χ4n) is 2.84. The summed E-state index contributed by atoms with van der Waals surface area (Å²) in [7, 11) is 0. The first-order chi connectivity index (χ1) is 13.3. The van der Waals surface area contributed by atoms with Crippen molar-refractivity contribution in [3.8, 4) is 17.0 Å². The highest BCUT2D eigenvalue weighted by molar-refractivity contribution is 7.07. The van der Waals surface area contributed by atoms with Crippen LogP contribution in [-0.2, 0) is 6.54 Å². The van der Waals surface area contributed by atoms with Crippen LogP contribution < -0.4 is 10.1 Å². The Morgan fingerprint density at radius 2 is 2.00 bits per heavy atom. The summed E-state index contributed by atoms with van der Waals surface area (Å²) in [5.41, 5.74) is 3.37. The third kappa shape index (κ3) is 4.35. The van der Waals surface area contributed by atoms with Crippen LogP contribution in [0.2, 0.25) is 0 Å². The Hall–Kier alpha value is -2.70. The summed E-state index contributed by atoms with van der Waals surface area (Å²) in [6, 6.07) is 14.3. The molecule has 2 aromatic heterocycles. The zero-order valence-electron chi connectivity index (χ0n) is 14.7. The number of nitrogens with one attached hydrogen (secondary N) is 1. The van der Waals surface area contributed by atoms with E-state index in [2.05, 4.69) is 27.3 Å². The van der Waals surface area contributed by atoms with Crippen molar-refractivity contribution >= 4 is 22.3 Å². The van der Waals surface area contributed by atoms with Crippen LogP contribution in [0.25, 0.3) is 22.2 Å². The number of halogens is 1. The molecule has 138 valence electrons. The normalized spacial score (nSPS) is 11.1. The quantitative estimate of drug-likeness (QED) is 0.423. The van der Waals surface area contributed by atoms with Crippen LogP contribution in [-0.4, -0.2) is 18.3 Å². The van der Waals surface area contributed by atoms with Crippen molar-refractivity contribution in [2.75, 3.05) is 13.2 Å². The van der Waals surface area contributed by atoms with Crippen LogP contribution in [0, 0.1) is 5.82 Å². The molecule has 0 aliphatic carbocycles. The molecular weight excluding hydrogens is 363 g/mol. The average molecular weight is 382 g/mol. The van der Waals surface area contributed by atoms with Gasteiger partial charge in [-0.2, -0.15) is 11.3 Å². The number of hydrogen-bond acceptors (Lipinski definition) is 5. The Morgan fingerprint density at radius 3 is 2.81 bits per heavy atom. The van der Waals surface area contributed by atoms with Gasteiger partial charge in [-0.05, 0) is 71.8 Å². The number of benzene rings is 2. The van der Waals surface area contributed by atoms with E-state index >= 15 is 0 Å². The maximum absolute atomic E-state index is 13.3. The summed E-state index contributed by atoms with van der Waals surface area (Å²) in [4.78, 5) is 0. The summed E-state index contributed by atoms with van der Waals surface area (Å²) in [5.74, 6) is 0.481. The molecule has 0 fully saturated rings. The molecule has 0 unspecified atom stereocenters. The molecule has 4 rings (SSSR count). The van der Waals surface area contributed by atoms with Gasteiger partial charge < -0.3 is 14.6 Å². The van der Waals surface area contributed by atoms with Gasteiger partial charge in [0, 0.05) is 23.6 Å². The molecule has 0 atom stereocenters. The molecule has 0 bridgehead atoms. The van der Waals surface area contributed by atoms with Crippen molar-refractivity contribution in [2.45, 2.75) is 13.0 Å². The van der Waals surface area contributed by atoms with Crippen LogP contribution in [0.1, 0.15) is 12.0 Å². The van der Waals surface area contributed by atoms with Gasteiger partial charge in [0.2, 0.25) is 0 Å². The van der Waals surface area contributed by atoms with Gasteiger partial charge in [-0.15, -0.1) is 0 Å². The highest BCUT2D eigenvalue weighted by Gasteiger charge is 2.11. The lowest BCUT2D eigenvalue weighted by atomic mass is 10.1. The highest BCUT2D eigenvalue weighted by atomic mass is 32.1. The van der Waals surface area contributed by atoms with Gasteiger partial charge in [0.25, 0.3) is 0 Å². The minimum Gasteiger partial charge on any atom is -0.494 e. The third-order valence-corrected chi connectivity index (χ3v) is 4.97. The summed E-state index contributed by atoms with van der Waals surface area (Å²) in [5, 5.41) is 12.5. The molecule has 2 aromatic carbocycles. The van der Waals surface area contributed by atoms with E-state index in [1.54, 1.807) is 17.4 Å². The highest BCUT2D eigenvalue weighted by Crippen LogP contribution is 2.29. The lowest BCUT2D eigenvalue weighted by Gasteiger charge is -2.07. The van der Waals surface area contributed by atoms with Gasteiger partial charge >= 0.3 is 0 Å². The summed E-state index contributed by atoms with van der Waals surface area (Å²) >= 11 is 1.71. The smallest absolute Gasteiger partial charge is 0.170 e. The van der Waals surface area contributed by atoms with E-state index in [-0.39, 0.29) is 5.82 Å². The van der Waals surface area contributed by atoms with Gasteiger partial charge in [0.05, 0.1) is 6.61 Å². The number of rotatable bonds is 8. The van der Waals surface area contributed by atoms with E-state index in [0.29, 0.717) is 17.9 Å². The fraction of sp³-hybridized carbons (Fsp3) is 0.190. The molecule has 6 heteroatoms. The topological polar surface area (TPSA) is 47.3 Å². The van der Waals surface area contributed by atoms with Crippen LogP contribution in [0.4, 0.5) is 4.39 Å². The van der Waals surface area contributed by atoms with Crippen molar-refractivity contribution in [3.05, 3.63) is 70.7 Å². The van der Waals surface area contributed by atoms with E-state index in [0.717, 1.165) is 36.2 Å². The van der Waals surface area contributed by atoms with E-state index < -0.39 is 0 Å². The molecule has 0 amide bonds. The maximum atomic E-state index is 13.3. The SMILES string of the molecule is Fc1ccc2c(-c3ccc(OCCCNCc4ccsc4)cc3)noc2c1. The van der Waals surface area contributed by atoms with Crippen LogP contribution in [0.3, 0.4) is 0 Å². The van der Waals surface area contributed by atoms with Crippen molar-refractivity contribution in [1.82, 2.24) is 10.5 Å². The summed E-state index contributed by atoms with van der Waals surface area (Å²) in [6.07, 6.45) is 0.936. The number of thiophene rings is 1. The maximum Gasteiger partial charge on any atom is 0.170 e. The Kier molecular flexibility index (Phi) is 5.46. The van der Waals surface area contributed by atoms with Crippen LogP contribution >= 0.6 is 11.3 Å². The minimum atomic E-state index is -0.334. The predicted molar refractivity (Wildman–Crippen MR) is 106 cm³/mol. The van der Waals surface area contributed by atoms with Crippen molar-refractivity contribution in [3.63, 3.8) is 0 Å². The molecule has 0 aliphatic rings. The van der Waals surface area contributed by atoms with E-state index in [4.69, 9.17) is 9.26 Å².